The molecule has 0 aliphatic carbocycles. The first-order chi connectivity index (χ1) is 17.8. The molecule has 1 rings (SSSR count). The number of nitrogens with two attached hydrogens (primary N) is 3. The van der Waals surface area contributed by atoms with E-state index in [1.807, 2.05) is 0 Å². The second-order valence-corrected chi connectivity index (χ2v) is 8.35. The van der Waals surface area contributed by atoms with Gasteiger partial charge in [-0.25, -0.2) is 9.78 Å². The maximum absolute atomic E-state index is 13.1. The summed E-state index contributed by atoms with van der Waals surface area (Å²) in [5.74, 6) is -6.90. The fourth-order valence-electron chi connectivity index (χ4n) is 3.16. The number of aromatic nitrogens is 2. The van der Waals surface area contributed by atoms with Gasteiger partial charge in [-0.2, -0.15) is 0 Å². The third kappa shape index (κ3) is 11.9. The minimum atomic E-state index is -1.49. The van der Waals surface area contributed by atoms with Crippen molar-refractivity contribution in [2.75, 3.05) is 0 Å². The molecule has 17 nitrogen and oxygen atoms in total. The molecule has 4 atom stereocenters. The number of aromatic amines is 1. The number of nitrogens with one attached hydrogen (secondary N) is 4. The molecule has 5 amide bonds. The highest BCUT2D eigenvalue weighted by molar-refractivity contribution is 5.94. The van der Waals surface area contributed by atoms with Crippen molar-refractivity contribution in [3.8, 4) is 0 Å². The average molecular weight is 541 g/mol. The van der Waals surface area contributed by atoms with Crippen molar-refractivity contribution < 1.29 is 43.8 Å². The molecule has 38 heavy (non-hydrogen) atoms. The number of carboxylic acid groups (broad SMARTS) is 2. The predicted molar refractivity (Wildman–Crippen MR) is 127 cm³/mol. The Labute approximate surface area is 216 Å². The van der Waals surface area contributed by atoms with Crippen molar-refractivity contribution in [3.63, 3.8) is 0 Å². The second kappa shape index (κ2) is 15.5. The summed E-state index contributed by atoms with van der Waals surface area (Å²) >= 11 is 0. The molecule has 0 radical (unpaired) electrons. The minimum absolute atomic E-state index is 0.172. The van der Waals surface area contributed by atoms with Gasteiger partial charge in [0.05, 0.1) is 12.4 Å². The number of imidazole rings is 1. The lowest BCUT2D eigenvalue weighted by atomic mass is 10.1. The Hall–Kier alpha value is -4.54. The lowest BCUT2D eigenvalue weighted by Crippen LogP contribution is -2.57. The van der Waals surface area contributed by atoms with E-state index in [1.165, 1.54) is 12.5 Å². The zero-order valence-electron chi connectivity index (χ0n) is 20.3. The van der Waals surface area contributed by atoms with Gasteiger partial charge in [0.1, 0.15) is 18.1 Å². The maximum Gasteiger partial charge on any atom is 0.326 e. The molecule has 12 N–H and O–H groups in total. The molecule has 1 aromatic rings. The van der Waals surface area contributed by atoms with Crippen molar-refractivity contribution in [1.82, 2.24) is 25.9 Å². The summed E-state index contributed by atoms with van der Waals surface area (Å²) < 4.78 is 0. The van der Waals surface area contributed by atoms with E-state index >= 15 is 0 Å². The number of carboxylic acids is 2. The molecule has 0 saturated heterocycles. The minimum Gasteiger partial charge on any atom is -0.481 e. The highest BCUT2D eigenvalue weighted by Crippen LogP contribution is 2.06. The van der Waals surface area contributed by atoms with Gasteiger partial charge in [0, 0.05) is 37.6 Å². The van der Waals surface area contributed by atoms with E-state index in [-0.39, 0.29) is 38.5 Å². The summed E-state index contributed by atoms with van der Waals surface area (Å²) in [6.07, 6.45) is 0.661. The van der Waals surface area contributed by atoms with E-state index in [9.17, 15) is 38.7 Å². The number of hydrogen-bond acceptors (Lipinski definition) is 9. The second-order valence-electron chi connectivity index (χ2n) is 8.35. The van der Waals surface area contributed by atoms with Crippen LogP contribution in [0.5, 0.6) is 0 Å². The summed E-state index contributed by atoms with van der Waals surface area (Å²) in [7, 11) is 0. The largest absolute Gasteiger partial charge is 0.481 e. The summed E-state index contributed by atoms with van der Waals surface area (Å²) in [6.45, 7) is 0. The Morgan fingerprint density at radius 3 is 1.82 bits per heavy atom. The Bertz CT molecular complexity index is 1010. The van der Waals surface area contributed by atoms with Gasteiger partial charge in [-0.3, -0.25) is 28.8 Å². The summed E-state index contributed by atoms with van der Waals surface area (Å²) in [5.41, 5.74) is 16.3. The van der Waals surface area contributed by atoms with Crippen LogP contribution >= 0.6 is 0 Å². The fourth-order valence-corrected chi connectivity index (χ4v) is 3.16. The first-order valence-corrected chi connectivity index (χ1v) is 11.4. The number of nitrogens with zero attached hydrogens (tertiary/aromatic N) is 1. The molecule has 0 aliphatic heterocycles. The van der Waals surface area contributed by atoms with Crippen LogP contribution in [0.4, 0.5) is 0 Å². The van der Waals surface area contributed by atoms with Crippen LogP contribution in [0.25, 0.3) is 0 Å². The van der Waals surface area contributed by atoms with Gasteiger partial charge in [0.15, 0.2) is 0 Å². The Morgan fingerprint density at radius 2 is 1.32 bits per heavy atom. The molecular weight excluding hydrogens is 508 g/mol. The predicted octanol–water partition coefficient (Wildman–Crippen LogP) is -3.79. The first kappa shape index (κ1) is 31.5. The monoisotopic (exact) mass is 540 g/mol. The summed E-state index contributed by atoms with van der Waals surface area (Å²) in [6, 6.07) is -5.55. The van der Waals surface area contributed by atoms with Crippen LogP contribution in [0.2, 0.25) is 0 Å². The third-order valence-electron chi connectivity index (χ3n) is 5.22. The Balaban J connectivity index is 3.07. The van der Waals surface area contributed by atoms with Gasteiger partial charge >= 0.3 is 11.9 Å². The molecule has 0 fully saturated rings. The molecule has 210 valence electrons. The number of amides is 5. The topological polar surface area (TPSA) is 303 Å². The Morgan fingerprint density at radius 1 is 0.789 bits per heavy atom. The molecular formula is C21H32N8O9. The van der Waals surface area contributed by atoms with Crippen LogP contribution in [-0.2, 0) is 40.0 Å². The number of hydrogen-bond donors (Lipinski definition) is 9. The van der Waals surface area contributed by atoms with Crippen molar-refractivity contribution in [3.05, 3.63) is 18.2 Å². The van der Waals surface area contributed by atoms with E-state index in [4.69, 9.17) is 22.3 Å². The highest BCUT2D eigenvalue weighted by Gasteiger charge is 2.31. The first-order valence-electron chi connectivity index (χ1n) is 11.4. The van der Waals surface area contributed by atoms with Gasteiger partial charge in [-0.15, -0.1) is 0 Å². The average Bonchev–Trinajstić information content (AvgIpc) is 3.34. The van der Waals surface area contributed by atoms with Crippen LogP contribution in [0, 0.1) is 0 Å². The van der Waals surface area contributed by atoms with Crippen molar-refractivity contribution in [2.45, 2.75) is 69.1 Å². The van der Waals surface area contributed by atoms with E-state index in [2.05, 4.69) is 25.9 Å². The van der Waals surface area contributed by atoms with Gasteiger partial charge in [-0.1, -0.05) is 0 Å². The van der Waals surface area contributed by atoms with Crippen LogP contribution < -0.4 is 33.2 Å². The van der Waals surface area contributed by atoms with E-state index in [1.54, 1.807) is 0 Å². The molecule has 0 aromatic carbocycles. The van der Waals surface area contributed by atoms with Crippen LogP contribution in [0.3, 0.4) is 0 Å². The highest BCUT2D eigenvalue weighted by atomic mass is 16.4. The zero-order chi connectivity index (χ0) is 28.8. The zero-order valence-corrected chi connectivity index (χ0v) is 20.3. The van der Waals surface area contributed by atoms with Crippen LogP contribution in [0.1, 0.15) is 44.2 Å². The van der Waals surface area contributed by atoms with Crippen LogP contribution in [-0.4, -0.2) is 85.8 Å². The number of carbonyl (C=O) groups is 7. The van der Waals surface area contributed by atoms with E-state index in [0.717, 1.165) is 0 Å². The maximum atomic E-state index is 13.1. The molecule has 4 unspecified atom stereocenters. The number of rotatable bonds is 18. The summed E-state index contributed by atoms with van der Waals surface area (Å²) in [5, 5.41) is 25.1. The quantitative estimate of drug-likeness (QED) is 0.0869. The van der Waals surface area contributed by atoms with E-state index in [0.29, 0.717) is 5.69 Å². The van der Waals surface area contributed by atoms with Crippen molar-refractivity contribution >= 4 is 41.5 Å². The van der Waals surface area contributed by atoms with Gasteiger partial charge in [0.25, 0.3) is 0 Å². The van der Waals surface area contributed by atoms with Crippen molar-refractivity contribution in [1.29, 1.82) is 0 Å². The molecule has 0 spiro atoms. The van der Waals surface area contributed by atoms with E-state index < -0.39 is 72.1 Å². The number of primary amides is 2. The molecule has 0 bridgehead atoms. The normalized spacial score (nSPS) is 13.8. The number of aliphatic carboxylic acids is 2. The SMILES string of the molecule is NC(=O)CCC(NC(=O)C(Cc1cnc[nH]1)NC(=O)C(CCC(N)=O)NC(=O)C(N)CCC(=O)O)C(=O)O. The molecule has 1 heterocycles. The molecule has 0 saturated carbocycles. The number of H-pyrrole nitrogens is 1. The third-order valence-corrected chi connectivity index (χ3v) is 5.22. The lowest BCUT2D eigenvalue weighted by molar-refractivity contribution is -0.142. The fraction of sp³-hybridized carbons (Fsp3) is 0.524. The molecule has 17 heteroatoms. The van der Waals surface area contributed by atoms with Gasteiger partial charge in [-0.05, 0) is 19.3 Å². The molecule has 0 aliphatic rings. The smallest absolute Gasteiger partial charge is 0.326 e. The van der Waals surface area contributed by atoms with Gasteiger partial charge in [0.2, 0.25) is 29.5 Å². The van der Waals surface area contributed by atoms with Crippen molar-refractivity contribution in [2.24, 2.45) is 17.2 Å². The molecule has 1 aromatic heterocycles. The lowest BCUT2D eigenvalue weighted by Gasteiger charge is -2.25. The standard InChI is InChI=1S/C21H32N8O9/c22-11(1-6-17(32)33)18(34)27-12(2-4-15(23)30)19(35)29-14(7-10-8-25-9-26-10)20(36)28-13(21(37)38)3-5-16(24)31/h8-9,11-14H,1-7,22H2,(H2,23,30)(H2,24,31)(H,25,26)(H,27,34)(H,28,36)(H,29,35)(H,32,33)(H,37,38). The summed E-state index contributed by atoms with van der Waals surface area (Å²) in [4.78, 5) is 89.6. The van der Waals surface area contributed by atoms with Crippen LogP contribution in [0.15, 0.2) is 12.5 Å². The van der Waals surface area contributed by atoms with Gasteiger partial charge < -0.3 is 48.3 Å². The Kier molecular flexibility index (Phi) is 12.9. The number of carbonyl (C=O) groups excluding carboxylic acids is 5.